The van der Waals surface area contributed by atoms with Crippen molar-refractivity contribution in [3.63, 3.8) is 0 Å². The number of hydrogen-bond acceptors (Lipinski definition) is 4. The van der Waals surface area contributed by atoms with E-state index in [1.54, 1.807) is 11.2 Å². The van der Waals surface area contributed by atoms with Crippen LogP contribution in [-0.2, 0) is 17.8 Å². The molecule has 2 aromatic carbocycles. The second-order valence-electron chi connectivity index (χ2n) is 9.57. The van der Waals surface area contributed by atoms with Crippen molar-refractivity contribution in [1.82, 2.24) is 9.80 Å². The number of rotatable bonds is 5. The van der Waals surface area contributed by atoms with Crippen LogP contribution in [0.3, 0.4) is 0 Å². The van der Waals surface area contributed by atoms with Gasteiger partial charge >= 0.3 is 0 Å². The van der Waals surface area contributed by atoms with Crippen molar-refractivity contribution in [2.24, 2.45) is 0 Å². The van der Waals surface area contributed by atoms with Crippen molar-refractivity contribution < 1.29 is 14.0 Å². The highest BCUT2D eigenvalue weighted by atomic mass is 16.3. The lowest BCUT2D eigenvalue weighted by Crippen LogP contribution is -2.52. The number of imide groups is 1. The summed E-state index contributed by atoms with van der Waals surface area (Å²) in [7, 11) is 0. The molecule has 1 aromatic heterocycles. The molecule has 5 rings (SSSR count). The first-order valence-electron chi connectivity index (χ1n) is 12.4. The van der Waals surface area contributed by atoms with Gasteiger partial charge in [-0.15, -0.1) is 0 Å². The Kier molecular flexibility index (Phi) is 6.63. The van der Waals surface area contributed by atoms with Crippen molar-refractivity contribution in [3.05, 3.63) is 94.9 Å². The van der Waals surface area contributed by atoms with Crippen LogP contribution in [0.25, 0.3) is 0 Å². The molecule has 1 saturated carbocycles. The molecule has 0 N–H and O–H groups in total. The van der Waals surface area contributed by atoms with Crippen LogP contribution in [0.4, 0.5) is 0 Å². The second kappa shape index (κ2) is 9.98. The highest BCUT2D eigenvalue weighted by Crippen LogP contribution is 2.35. The fourth-order valence-corrected chi connectivity index (χ4v) is 5.43. The van der Waals surface area contributed by atoms with E-state index in [9.17, 15) is 9.59 Å². The number of fused-ring (bicyclic) bond motifs is 1. The number of aryl methyl sites for hydroxylation is 1. The number of amides is 2. The van der Waals surface area contributed by atoms with Crippen LogP contribution < -0.4 is 0 Å². The van der Waals surface area contributed by atoms with Crippen LogP contribution in [0, 0.1) is 6.92 Å². The van der Waals surface area contributed by atoms with E-state index in [0.29, 0.717) is 12.1 Å². The zero-order valence-corrected chi connectivity index (χ0v) is 19.8. The molecule has 2 amide bonds. The van der Waals surface area contributed by atoms with E-state index >= 15 is 0 Å². The average Bonchev–Trinajstić information content (AvgIpc) is 3.38. The quantitative estimate of drug-likeness (QED) is 0.463. The summed E-state index contributed by atoms with van der Waals surface area (Å²) in [6.07, 6.45) is 7.54. The van der Waals surface area contributed by atoms with Gasteiger partial charge in [-0.1, -0.05) is 61.2 Å². The van der Waals surface area contributed by atoms with Gasteiger partial charge < -0.3 is 4.42 Å². The highest BCUT2D eigenvalue weighted by Gasteiger charge is 2.41. The monoisotopic (exact) mass is 456 g/mol. The molecule has 1 fully saturated rings. The van der Waals surface area contributed by atoms with Crippen LogP contribution >= 0.6 is 0 Å². The largest absolute Gasteiger partial charge is 0.468 e. The van der Waals surface area contributed by atoms with E-state index in [1.807, 2.05) is 61.5 Å². The summed E-state index contributed by atoms with van der Waals surface area (Å²) in [6.45, 7) is 3.28. The first-order valence-corrected chi connectivity index (χ1v) is 12.4. The summed E-state index contributed by atoms with van der Waals surface area (Å²) in [4.78, 5) is 32.0. The van der Waals surface area contributed by atoms with Gasteiger partial charge in [-0.05, 0) is 61.6 Å². The molecule has 2 heterocycles. The summed E-state index contributed by atoms with van der Waals surface area (Å²) < 4.78 is 5.62. The molecule has 0 bridgehead atoms. The normalized spacial score (nSPS) is 18.9. The summed E-state index contributed by atoms with van der Waals surface area (Å²) in [5.74, 6) is 0.528. The lowest BCUT2D eigenvalue weighted by Gasteiger charge is -2.41. The van der Waals surface area contributed by atoms with Crippen LogP contribution in [0.15, 0.2) is 71.3 Å². The average molecular weight is 457 g/mol. The zero-order valence-electron chi connectivity index (χ0n) is 19.8. The molecule has 0 spiro atoms. The maximum absolute atomic E-state index is 14.4. The SMILES string of the molecule is Cc1ccc(C(=O)N(C(=O)C2c3ccccc3CCN2Cc2ccco2)C2CCCCC2)cc1. The second-order valence-corrected chi connectivity index (χ2v) is 9.57. The van der Waals surface area contributed by atoms with Gasteiger partial charge in [-0.25, -0.2) is 0 Å². The van der Waals surface area contributed by atoms with Crippen molar-refractivity contribution >= 4 is 11.8 Å². The summed E-state index contributed by atoms with van der Waals surface area (Å²) >= 11 is 0. The van der Waals surface area contributed by atoms with Crippen LogP contribution in [0.1, 0.15) is 71.0 Å². The summed E-state index contributed by atoms with van der Waals surface area (Å²) in [6, 6.07) is 19.0. The van der Waals surface area contributed by atoms with E-state index in [0.717, 1.165) is 62.0 Å². The lowest BCUT2D eigenvalue weighted by molar-refractivity contribution is -0.137. The number of hydrogen-bond donors (Lipinski definition) is 0. The first-order chi connectivity index (χ1) is 16.6. The van der Waals surface area contributed by atoms with E-state index in [4.69, 9.17) is 4.42 Å². The molecule has 3 aromatic rings. The molecule has 34 heavy (non-hydrogen) atoms. The lowest BCUT2D eigenvalue weighted by atomic mass is 9.89. The Labute approximate surface area is 201 Å². The van der Waals surface area contributed by atoms with Crippen LogP contribution in [0.5, 0.6) is 0 Å². The maximum Gasteiger partial charge on any atom is 0.260 e. The van der Waals surface area contributed by atoms with Gasteiger partial charge in [0.15, 0.2) is 0 Å². The predicted octanol–water partition coefficient (Wildman–Crippen LogP) is 5.69. The molecule has 2 aliphatic rings. The topological polar surface area (TPSA) is 53.8 Å². The minimum atomic E-state index is -0.508. The molecule has 0 radical (unpaired) electrons. The summed E-state index contributed by atoms with van der Waals surface area (Å²) in [5, 5.41) is 0. The van der Waals surface area contributed by atoms with Gasteiger partial charge in [0.25, 0.3) is 11.8 Å². The zero-order chi connectivity index (χ0) is 23.5. The third-order valence-corrected chi connectivity index (χ3v) is 7.25. The Bertz CT molecular complexity index is 1130. The molecule has 5 heteroatoms. The molecule has 1 unspecified atom stereocenters. The molecular weight excluding hydrogens is 424 g/mol. The predicted molar refractivity (Wildman–Crippen MR) is 131 cm³/mol. The van der Waals surface area contributed by atoms with Gasteiger partial charge in [0.2, 0.25) is 0 Å². The molecule has 1 aliphatic carbocycles. The van der Waals surface area contributed by atoms with E-state index in [1.165, 1.54) is 5.56 Å². The van der Waals surface area contributed by atoms with Gasteiger partial charge in [-0.3, -0.25) is 19.4 Å². The third-order valence-electron chi connectivity index (χ3n) is 7.25. The molecule has 1 atom stereocenters. The number of carbonyl (C=O) groups excluding carboxylic acids is 2. The van der Waals surface area contributed by atoms with Crippen molar-refractivity contribution in [1.29, 1.82) is 0 Å². The molecular formula is C29H32N2O3. The minimum absolute atomic E-state index is 0.0606. The van der Waals surface area contributed by atoms with Crippen LogP contribution in [-0.4, -0.2) is 34.2 Å². The number of furan rings is 1. The Balaban J connectivity index is 1.54. The Morgan fingerprint density at radius 2 is 1.74 bits per heavy atom. The molecule has 176 valence electrons. The smallest absolute Gasteiger partial charge is 0.260 e. The van der Waals surface area contributed by atoms with E-state index < -0.39 is 6.04 Å². The van der Waals surface area contributed by atoms with Gasteiger partial charge in [0, 0.05) is 18.2 Å². The Morgan fingerprint density at radius 3 is 2.47 bits per heavy atom. The van der Waals surface area contributed by atoms with Gasteiger partial charge in [0.1, 0.15) is 11.8 Å². The van der Waals surface area contributed by atoms with Crippen molar-refractivity contribution in [3.8, 4) is 0 Å². The maximum atomic E-state index is 14.4. The fraction of sp³-hybridized carbons (Fsp3) is 0.379. The van der Waals surface area contributed by atoms with Crippen molar-refractivity contribution in [2.45, 2.75) is 64.1 Å². The summed E-state index contributed by atoms with van der Waals surface area (Å²) in [5.41, 5.74) is 3.86. The Morgan fingerprint density at radius 1 is 0.971 bits per heavy atom. The van der Waals surface area contributed by atoms with Crippen LogP contribution in [0.2, 0.25) is 0 Å². The minimum Gasteiger partial charge on any atom is -0.468 e. The van der Waals surface area contributed by atoms with E-state index in [-0.39, 0.29) is 17.9 Å². The van der Waals surface area contributed by atoms with E-state index in [2.05, 4.69) is 11.0 Å². The molecule has 0 saturated heterocycles. The first kappa shape index (κ1) is 22.6. The number of nitrogens with zero attached hydrogens (tertiary/aromatic N) is 2. The molecule has 1 aliphatic heterocycles. The number of carbonyl (C=O) groups is 2. The van der Waals surface area contributed by atoms with Crippen molar-refractivity contribution in [2.75, 3.05) is 6.54 Å². The third kappa shape index (κ3) is 4.58. The van der Waals surface area contributed by atoms with Gasteiger partial charge in [-0.2, -0.15) is 0 Å². The standard InChI is InChI=1S/C29H32N2O3/c1-21-13-15-23(16-14-21)28(32)31(24-9-3-2-4-10-24)29(33)27-26-12-6-5-8-22(26)17-18-30(27)20-25-11-7-19-34-25/h5-8,11-16,19,24,27H,2-4,9-10,17-18,20H2,1H3. The molecule has 5 nitrogen and oxygen atoms in total. The Hall–Kier alpha value is -3.18. The number of benzene rings is 2. The highest BCUT2D eigenvalue weighted by molar-refractivity contribution is 6.06. The fourth-order valence-electron chi connectivity index (χ4n) is 5.43. The van der Waals surface area contributed by atoms with Gasteiger partial charge in [0.05, 0.1) is 12.8 Å².